The maximum absolute atomic E-state index is 11.2. The standard InChI is InChI=1S/C8H10N2O4/c1-4(8(13)14-2)5-6(11)9-3-10-7(5)12/h3-4H,1-2H3,(H2,9,10,11,12)/t4-/m1/s1. The molecule has 0 radical (unpaired) electrons. The number of aromatic nitrogens is 2. The molecule has 76 valence electrons. The van der Waals surface area contributed by atoms with E-state index in [4.69, 9.17) is 0 Å². The molecular formula is C8H10N2O4. The normalized spacial score (nSPS) is 12.1. The third kappa shape index (κ3) is 1.73. The minimum Gasteiger partial charge on any atom is -0.493 e. The van der Waals surface area contributed by atoms with Crippen LogP contribution in [0.1, 0.15) is 18.4 Å². The van der Waals surface area contributed by atoms with Gasteiger partial charge in [0.05, 0.1) is 24.9 Å². The number of aromatic hydroxyl groups is 1. The number of hydrogen-bond acceptors (Lipinski definition) is 5. The zero-order valence-electron chi connectivity index (χ0n) is 7.77. The number of H-pyrrole nitrogens is 1. The average molecular weight is 198 g/mol. The highest BCUT2D eigenvalue weighted by Crippen LogP contribution is 2.19. The molecule has 1 aromatic heterocycles. The van der Waals surface area contributed by atoms with Crippen molar-refractivity contribution in [1.29, 1.82) is 0 Å². The predicted octanol–water partition coefficient (Wildman–Crippen LogP) is -0.248. The van der Waals surface area contributed by atoms with Gasteiger partial charge in [-0.2, -0.15) is 0 Å². The van der Waals surface area contributed by atoms with Gasteiger partial charge in [0.15, 0.2) is 0 Å². The molecule has 0 aliphatic carbocycles. The van der Waals surface area contributed by atoms with Gasteiger partial charge in [-0.05, 0) is 6.92 Å². The highest BCUT2D eigenvalue weighted by Gasteiger charge is 2.23. The highest BCUT2D eigenvalue weighted by molar-refractivity contribution is 5.78. The predicted molar refractivity (Wildman–Crippen MR) is 47.0 cm³/mol. The van der Waals surface area contributed by atoms with Gasteiger partial charge in [-0.25, -0.2) is 4.98 Å². The van der Waals surface area contributed by atoms with E-state index in [1.165, 1.54) is 14.0 Å². The molecule has 6 heteroatoms. The van der Waals surface area contributed by atoms with Crippen molar-refractivity contribution in [2.75, 3.05) is 7.11 Å². The van der Waals surface area contributed by atoms with Gasteiger partial charge in [-0.15, -0.1) is 0 Å². The Hall–Kier alpha value is -1.85. The Morgan fingerprint density at radius 2 is 2.36 bits per heavy atom. The van der Waals surface area contributed by atoms with E-state index in [1.807, 2.05) is 0 Å². The molecule has 2 N–H and O–H groups in total. The van der Waals surface area contributed by atoms with Crippen LogP contribution in [0.4, 0.5) is 0 Å². The molecular weight excluding hydrogens is 188 g/mol. The van der Waals surface area contributed by atoms with Crippen LogP contribution in [0.15, 0.2) is 11.1 Å². The van der Waals surface area contributed by atoms with Gasteiger partial charge in [0.25, 0.3) is 5.56 Å². The van der Waals surface area contributed by atoms with E-state index in [2.05, 4.69) is 14.7 Å². The van der Waals surface area contributed by atoms with Crippen molar-refractivity contribution in [3.05, 3.63) is 22.2 Å². The van der Waals surface area contributed by atoms with E-state index in [-0.39, 0.29) is 5.56 Å². The summed E-state index contributed by atoms with van der Waals surface area (Å²) < 4.78 is 4.45. The summed E-state index contributed by atoms with van der Waals surface area (Å²) in [6.07, 6.45) is 1.06. The fraction of sp³-hybridized carbons (Fsp3) is 0.375. The van der Waals surface area contributed by atoms with E-state index in [0.29, 0.717) is 0 Å². The quantitative estimate of drug-likeness (QED) is 0.639. The number of nitrogens with zero attached hydrogens (tertiary/aromatic N) is 1. The van der Waals surface area contributed by atoms with Crippen LogP contribution in [0.2, 0.25) is 0 Å². The fourth-order valence-electron chi connectivity index (χ4n) is 1.09. The lowest BCUT2D eigenvalue weighted by Gasteiger charge is -2.08. The van der Waals surface area contributed by atoms with Crippen molar-refractivity contribution >= 4 is 5.97 Å². The van der Waals surface area contributed by atoms with Crippen LogP contribution in [0.5, 0.6) is 5.88 Å². The molecule has 0 saturated heterocycles. The van der Waals surface area contributed by atoms with Crippen molar-refractivity contribution in [3.63, 3.8) is 0 Å². The summed E-state index contributed by atoms with van der Waals surface area (Å²) in [5.41, 5.74) is -0.630. The lowest BCUT2D eigenvalue weighted by Crippen LogP contribution is -2.21. The maximum Gasteiger partial charge on any atom is 0.313 e. The summed E-state index contributed by atoms with van der Waals surface area (Å²) in [4.78, 5) is 28.1. The molecule has 1 rings (SSSR count). The second-order valence-electron chi connectivity index (χ2n) is 2.71. The molecule has 0 amide bonds. The van der Waals surface area contributed by atoms with E-state index >= 15 is 0 Å². The largest absolute Gasteiger partial charge is 0.493 e. The van der Waals surface area contributed by atoms with Gasteiger partial charge >= 0.3 is 5.97 Å². The van der Waals surface area contributed by atoms with Gasteiger partial charge < -0.3 is 14.8 Å². The summed E-state index contributed by atoms with van der Waals surface area (Å²) in [5, 5.41) is 9.27. The van der Waals surface area contributed by atoms with Crippen molar-refractivity contribution in [1.82, 2.24) is 9.97 Å². The molecule has 0 saturated carbocycles. The van der Waals surface area contributed by atoms with E-state index < -0.39 is 23.3 Å². The van der Waals surface area contributed by atoms with Gasteiger partial charge in [0, 0.05) is 0 Å². The molecule has 1 atom stereocenters. The van der Waals surface area contributed by atoms with Crippen molar-refractivity contribution in [3.8, 4) is 5.88 Å². The smallest absolute Gasteiger partial charge is 0.313 e. The molecule has 1 aromatic rings. The van der Waals surface area contributed by atoms with E-state index in [1.54, 1.807) is 0 Å². The Bertz CT molecular complexity index is 399. The Kier molecular flexibility index (Phi) is 2.85. The molecule has 1 heterocycles. The second kappa shape index (κ2) is 3.91. The second-order valence-corrected chi connectivity index (χ2v) is 2.71. The first kappa shape index (κ1) is 10.2. The molecule has 0 aromatic carbocycles. The molecule has 0 fully saturated rings. The summed E-state index contributed by atoms with van der Waals surface area (Å²) in [6.45, 7) is 1.46. The maximum atomic E-state index is 11.2. The number of hydrogen-bond donors (Lipinski definition) is 2. The molecule has 6 nitrogen and oxygen atoms in total. The van der Waals surface area contributed by atoms with E-state index in [0.717, 1.165) is 6.33 Å². The Morgan fingerprint density at radius 3 is 2.86 bits per heavy atom. The minimum atomic E-state index is -0.836. The number of methoxy groups -OCH3 is 1. The monoisotopic (exact) mass is 198 g/mol. The molecule has 14 heavy (non-hydrogen) atoms. The van der Waals surface area contributed by atoms with Gasteiger partial charge in [0.2, 0.25) is 5.88 Å². The lowest BCUT2D eigenvalue weighted by atomic mass is 10.0. The van der Waals surface area contributed by atoms with Crippen LogP contribution < -0.4 is 5.56 Å². The van der Waals surface area contributed by atoms with E-state index in [9.17, 15) is 14.7 Å². The Balaban J connectivity index is 3.19. The Morgan fingerprint density at radius 1 is 1.71 bits per heavy atom. The summed E-state index contributed by atoms with van der Waals surface area (Å²) in [7, 11) is 1.21. The summed E-state index contributed by atoms with van der Waals surface area (Å²) in [6, 6.07) is 0. The Labute approximate surface area is 79.6 Å². The van der Waals surface area contributed by atoms with Gasteiger partial charge in [0.1, 0.15) is 0 Å². The highest BCUT2D eigenvalue weighted by atomic mass is 16.5. The fourth-order valence-corrected chi connectivity index (χ4v) is 1.09. The van der Waals surface area contributed by atoms with Crippen LogP contribution in [-0.4, -0.2) is 28.2 Å². The van der Waals surface area contributed by atoms with Crippen LogP contribution in [0.3, 0.4) is 0 Å². The lowest BCUT2D eigenvalue weighted by molar-refractivity contribution is -0.142. The minimum absolute atomic E-state index is 0.0839. The van der Waals surface area contributed by atoms with Crippen LogP contribution in [0.25, 0.3) is 0 Å². The number of ether oxygens (including phenoxy) is 1. The number of nitrogens with one attached hydrogen (secondary N) is 1. The average Bonchev–Trinajstić information content (AvgIpc) is 2.16. The van der Waals surface area contributed by atoms with Crippen molar-refractivity contribution in [2.24, 2.45) is 0 Å². The zero-order chi connectivity index (χ0) is 10.7. The van der Waals surface area contributed by atoms with Gasteiger partial charge in [-0.1, -0.05) is 0 Å². The van der Waals surface area contributed by atoms with Gasteiger partial charge in [-0.3, -0.25) is 9.59 Å². The molecule has 0 unspecified atom stereocenters. The van der Waals surface area contributed by atoms with Crippen LogP contribution >= 0.6 is 0 Å². The first-order valence-electron chi connectivity index (χ1n) is 3.92. The first-order valence-corrected chi connectivity index (χ1v) is 3.92. The third-order valence-electron chi connectivity index (χ3n) is 1.86. The van der Waals surface area contributed by atoms with Crippen LogP contribution in [0, 0.1) is 0 Å². The number of rotatable bonds is 2. The first-order chi connectivity index (χ1) is 6.57. The SMILES string of the molecule is COC(=O)[C@H](C)c1c(O)nc[nH]c1=O. The molecule has 0 aliphatic rings. The van der Waals surface area contributed by atoms with Crippen molar-refractivity contribution < 1.29 is 14.6 Å². The summed E-state index contributed by atoms with van der Waals surface area (Å²) in [5.74, 6) is -1.89. The summed E-state index contributed by atoms with van der Waals surface area (Å²) >= 11 is 0. The molecule has 0 spiro atoms. The number of carbonyl (C=O) groups is 1. The number of esters is 1. The van der Waals surface area contributed by atoms with Crippen molar-refractivity contribution in [2.45, 2.75) is 12.8 Å². The van der Waals surface area contributed by atoms with Crippen LogP contribution in [-0.2, 0) is 9.53 Å². The number of aromatic amines is 1. The zero-order valence-corrected chi connectivity index (χ0v) is 7.77. The molecule has 0 aliphatic heterocycles. The topological polar surface area (TPSA) is 92.3 Å². The molecule has 0 bridgehead atoms. The number of carbonyl (C=O) groups excluding carboxylic acids is 1. The third-order valence-corrected chi connectivity index (χ3v) is 1.86.